The van der Waals surface area contributed by atoms with Crippen LogP contribution in [-0.4, -0.2) is 26.1 Å². The number of carbonyl (C=O) groups excluding carboxylic acids is 1. The number of nitrogens with one attached hydrogen (secondary N) is 2. The summed E-state index contributed by atoms with van der Waals surface area (Å²) in [5.74, 6) is -0.145. The van der Waals surface area contributed by atoms with Crippen molar-refractivity contribution in [1.82, 2.24) is 20.2 Å². The van der Waals surface area contributed by atoms with Gasteiger partial charge in [-0.15, -0.1) is 21.5 Å². The average Bonchev–Trinajstić information content (AvgIpc) is 2.78. The van der Waals surface area contributed by atoms with Crippen molar-refractivity contribution in [3.8, 4) is 0 Å². The SMILES string of the molecule is CC(C)c1nc(C(=O)Nc2nncc(=O)[nH]2)cs1. The van der Waals surface area contributed by atoms with Crippen LogP contribution in [0.2, 0.25) is 0 Å². The standard InChI is InChI=1S/C10H11N5O2S/c1-5(2)9-12-6(4-18-9)8(17)14-10-13-7(16)3-11-15-10/h3-5H,1-2H3,(H2,13,14,15,16,17). The second kappa shape index (κ2) is 5.05. The van der Waals surface area contributed by atoms with Crippen molar-refractivity contribution in [2.45, 2.75) is 19.8 Å². The Labute approximate surface area is 106 Å². The third-order valence-corrected chi connectivity index (χ3v) is 3.20. The molecule has 8 heteroatoms. The van der Waals surface area contributed by atoms with E-state index < -0.39 is 11.5 Å². The summed E-state index contributed by atoms with van der Waals surface area (Å²) < 4.78 is 0. The summed E-state index contributed by atoms with van der Waals surface area (Å²) in [4.78, 5) is 29.3. The number of aromatic nitrogens is 4. The van der Waals surface area contributed by atoms with Crippen LogP contribution in [0.15, 0.2) is 16.4 Å². The van der Waals surface area contributed by atoms with Gasteiger partial charge in [0.15, 0.2) is 0 Å². The van der Waals surface area contributed by atoms with Gasteiger partial charge in [-0.25, -0.2) is 4.98 Å². The van der Waals surface area contributed by atoms with E-state index in [-0.39, 0.29) is 11.9 Å². The molecule has 1 amide bonds. The minimum atomic E-state index is -0.429. The number of hydrogen-bond donors (Lipinski definition) is 2. The summed E-state index contributed by atoms with van der Waals surface area (Å²) in [6.07, 6.45) is 1.02. The largest absolute Gasteiger partial charge is 0.290 e. The van der Waals surface area contributed by atoms with Gasteiger partial charge in [0.2, 0.25) is 5.95 Å². The Morgan fingerprint density at radius 2 is 2.28 bits per heavy atom. The molecule has 0 aliphatic carbocycles. The molecule has 0 radical (unpaired) electrons. The van der Waals surface area contributed by atoms with Gasteiger partial charge >= 0.3 is 0 Å². The summed E-state index contributed by atoms with van der Waals surface area (Å²) in [7, 11) is 0. The molecule has 94 valence electrons. The normalized spacial score (nSPS) is 10.6. The molecular weight excluding hydrogens is 254 g/mol. The maximum atomic E-state index is 11.8. The minimum absolute atomic E-state index is 0.00611. The van der Waals surface area contributed by atoms with Crippen LogP contribution in [0.1, 0.15) is 35.3 Å². The van der Waals surface area contributed by atoms with Crippen LogP contribution in [0.25, 0.3) is 0 Å². The zero-order valence-electron chi connectivity index (χ0n) is 9.80. The smallest absolute Gasteiger partial charge is 0.277 e. The van der Waals surface area contributed by atoms with Crippen LogP contribution in [0.4, 0.5) is 5.95 Å². The second-order valence-electron chi connectivity index (χ2n) is 3.86. The topological polar surface area (TPSA) is 101 Å². The fourth-order valence-corrected chi connectivity index (χ4v) is 2.01. The van der Waals surface area contributed by atoms with Crippen LogP contribution in [0.5, 0.6) is 0 Å². The highest BCUT2D eigenvalue weighted by Gasteiger charge is 2.13. The third-order valence-electron chi connectivity index (χ3n) is 2.05. The monoisotopic (exact) mass is 265 g/mol. The fraction of sp³-hybridized carbons (Fsp3) is 0.300. The molecule has 0 spiro atoms. The number of nitrogens with zero attached hydrogens (tertiary/aromatic N) is 3. The molecule has 0 bridgehead atoms. The first-order valence-electron chi connectivity index (χ1n) is 5.25. The maximum Gasteiger partial charge on any atom is 0.277 e. The van der Waals surface area contributed by atoms with Crippen molar-refractivity contribution in [1.29, 1.82) is 0 Å². The van der Waals surface area contributed by atoms with Gasteiger partial charge in [-0.1, -0.05) is 13.8 Å². The summed E-state index contributed by atoms with van der Waals surface area (Å²) in [6, 6.07) is 0. The Kier molecular flexibility index (Phi) is 3.47. The van der Waals surface area contributed by atoms with Crippen LogP contribution >= 0.6 is 11.3 Å². The molecule has 0 aliphatic heterocycles. The zero-order chi connectivity index (χ0) is 13.1. The highest BCUT2D eigenvalue weighted by atomic mass is 32.1. The van der Waals surface area contributed by atoms with Crippen molar-refractivity contribution in [2.24, 2.45) is 0 Å². The predicted octanol–water partition coefficient (Wildman–Crippen LogP) is 0.997. The van der Waals surface area contributed by atoms with Crippen LogP contribution in [-0.2, 0) is 0 Å². The third kappa shape index (κ3) is 2.77. The van der Waals surface area contributed by atoms with E-state index in [0.29, 0.717) is 5.69 Å². The molecule has 0 saturated carbocycles. The maximum absolute atomic E-state index is 11.8. The Bertz CT molecular complexity index is 618. The molecule has 0 saturated heterocycles. The van der Waals surface area contributed by atoms with Crippen molar-refractivity contribution in [3.63, 3.8) is 0 Å². The van der Waals surface area contributed by atoms with E-state index in [1.807, 2.05) is 13.8 Å². The molecule has 0 atom stereocenters. The van der Waals surface area contributed by atoms with E-state index in [0.717, 1.165) is 11.2 Å². The van der Waals surface area contributed by atoms with Crippen LogP contribution < -0.4 is 10.9 Å². The summed E-state index contributed by atoms with van der Waals surface area (Å²) in [6.45, 7) is 4.00. The summed E-state index contributed by atoms with van der Waals surface area (Å²) in [5, 5.41) is 12.0. The van der Waals surface area contributed by atoms with Gasteiger partial charge in [0.05, 0.1) is 5.01 Å². The van der Waals surface area contributed by atoms with Gasteiger partial charge in [-0.3, -0.25) is 19.9 Å². The number of amides is 1. The van der Waals surface area contributed by atoms with Gasteiger partial charge in [0.25, 0.3) is 11.5 Å². The second-order valence-corrected chi connectivity index (χ2v) is 4.75. The highest BCUT2D eigenvalue weighted by Crippen LogP contribution is 2.19. The van der Waals surface area contributed by atoms with Crippen molar-refractivity contribution in [2.75, 3.05) is 5.32 Å². The minimum Gasteiger partial charge on any atom is -0.290 e. The molecule has 0 aromatic carbocycles. The lowest BCUT2D eigenvalue weighted by atomic mass is 10.2. The Balaban J connectivity index is 2.14. The Morgan fingerprint density at radius 3 is 2.89 bits per heavy atom. The number of carbonyl (C=O) groups is 1. The average molecular weight is 265 g/mol. The first-order valence-corrected chi connectivity index (χ1v) is 6.13. The quantitative estimate of drug-likeness (QED) is 0.862. The van der Waals surface area contributed by atoms with Crippen molar-refractivity contribution < 1.29 is 4.79 Å². The number of hydrogen-bond acceptors (Lipinski definition) is 6. The van der Waals surface area contributed by atoms with Gasteiger partial charge in [-0.05, 0) is 0 Å². The number of H-pyrrole nitrogens is 1. The molecule has 2 aromatic rings. The number of thiazole rings is 1. The summed E-state index contributed by atoms with van der Waals surface area (Å²) in [5.41, 5.74) is -0.128. The lowest BCUT2D eigenvalue weighted by molar-refractivity contribution is 0.102. The molecule has 18 heavy (non-hydrogen) atoms. The van der Waals surface area contributed by atoms with Crippen molar-refractivity contribution >= 4 is 23.2 Å². The lowest BCUT2D eigenvalue weighted by Crippen LogP contribution is -2.18. The molecule has 0 fully saturated rings. The Morgan fingerprint density at radius 1 is 1.50 bits per heavy atom. The van der Waals surface area contributed by atoms with E-state index >= 15 is 0 Å². The van der Waals surface area contributed by atoms with E-state index in [4.69, 9.17) is 0 Å². The zero-order valence-corrected chi connectivity index (χ0v) is 10.6. The van der Waals surface area contributed by atoms with Gasteiger partial charge in [-0.2, -0.15) is 0 Å². The van der Waals surface area contributed by atoms with Gasteiger partial charge in [0.1, 0.15) is 11.9 Å². The predicted molar refractivity (Wildman–Crippen MR) is 66.8 cm³/mol. The number of rotatable bonds is 3. The molecule has 2 heterocycles. The molecule has 2 N–H and O–H groups in total. The first-order chi connectivity index (χ1) is 8.56. The van der Waals surface area contributed by atoms with Crippen molar-refractivity contribution in [3.05, 3.63) is 32.6 Å². The molecule has 0 aliphatic rings. The molecule has 0 unspecified atom stereocenters. The fourth-order valence-electron chi connectivity index (χ4n) is 1.20. The van der Waals surface area contributed by atoms with Crippen LogP contribution in [0.3, 0.4) is 0 Å². The molecular formula is C10H11N5O2S. The van der Waals surface area contributed by atoms with E-state index in [1.165, 1.54) is 11.3 Å². The highest BCUT2D eigenvalue weighted by molar-refractivity contribution is 7.09. The molecule has 2 rings (SSSR count). The van der Waals surface area contributed by atoms with Gasteiger partial charge < -0.3 is 0 Å². The molecule has 2 aromatic heterocycles. The van der Waals surface area contributed by atoms with E-state index in [9.17, 15) is 9.59 Å². The number of anilines is 1. The first kappa shape index (κ1) is 12.4. The van der Waals surface area contributed by atoms with Gasteiger partial charge in [0, 0.05) is 11.3 Å². The summed E-state index contributed by atoms with van der Waals surface area (Å²) >= 11 is 1.42. The lowest BCUT2D eigenvalue weighted by Gasteiger charge is -2.00. The Hall–Kier alpha value is -2.09. The van der Waals surface area contributed by atoms with E-state index in [2.05, 4.69) is 25.5 Å². The van der Waals surface area contributed by atoms with E-state index in [1.54, 1.807) is 5.38 Å². The number of aromatic amines is 1. The van der Waals surface area contributed by atoms with Crippen LogP contribution in [0, 0.1) is 0 Å². The molecule has 7 nitrogen and oxygen atoms in total.